The summed E-state index contributed by atoms with van der Waals surface area (Å²) >= 11 is 6.12. The molecule has 1 aliphatic heterocycles. The Kier molecular flexibility index (Phi) is 4.92. The minimum atomic E-state index is -0.583. The van der Waals surface area contributed by atoms with Crippen molar-refractivity contribution in [3.63, 3.8) is 0 Å². The van der Waals surface area contributed by atoms with Crippen molar-refractivity contribution in [2.24, 2.45) is 0 Å². The zero-order valence-electron chi connectivity index (χ0n) is 15.2. The smallest absolute Gasteiger partial charge is 0.328 e. The van der Waals surface area contributed by atoms with Crippen LogP contribution in [0.1, 0.15) is 23.3 Å². The van der Waals surface area contributed by atoms with E-state index < -0.39 is 12.0 Å². The number of likely N-dealkylation sites (tertiary alicyclic amines) is 1. The number of halogens is 1. The van der Waals surface area contributed by atoms with E-state index in [1.807, 2.05) is 6.07 Å². The highest BCUT2D eigenvalue weighted by Gasteiger charge is 2.36. The summed E-state index contributed by atoms with van der Waals surface area (Å²) in [6.07, 6.45) is 2.88. The molecule has 7 nitrogen and oxygen atoms in total. The summed E-state index contributed by atoms with van der Waals surface area (Å²) in [5.74, 6) is -0.162. The molecule has 8 heteroatoms. The van der Waals surface area contributed by atoms with Gasteiger partial charge in [0.2, 0.25) is 0 Å². The number of aromatic nitrogens is 2. The van der Waals surface area contributed by atoms with Crippen molar-refractivity contribution < 1.29 is 18.7 Å². The molecule has 1 atom stereocenters. The Balaban J connectivity index is 1.75. The third-order valence-electron chi connectivity index (χ3n) is 4.74. The second-order valence-electron chi connectivity index (χ2n) is 6.46. The van der Waals surface area contributed by atoms with Crippen LogP contribution in [-0.2, 0) is 9.53 Å². The van der Waals surface area contributed by atoms with Crippen molar-refractivity contribution in [1.82, 2.24) is 14.7 Å². The number of furan rings is 1. The van der Waals surface area contributed by atoms with Gasteiger partial charge in [-0.1, -0.05) is 17.7 Å². The van der Waals surface area contributed by atoms with Gasteiger partial charge in [0.05, 0.1) is 19.1 Å². The number of nitrogens with zero attached hydrogens (tertiary/aromatic N) is 3. The Labute approximate surface area is 166 Å². The molecule has 1 saturated heterocycles. The van der Waals surface area contributed by atoms with Crippen LogP contribution in [0.3, 0.4) is 0 Å². The maximum Gasteiger partial charge on any atom is 0.328 e. The predicted molar refractivity (Wildman–Crippen MR) is 102 cm³/mol. The van der Waals surface area contributed by atoms with Gasteiger partial charge < -0.3 is 14.1 Å². The lowest BCUT2D eigenvalue weighted by atomic mass is 10.2. The van der Waals surface area contributed by atoms with E-state index in [0.717, 1.165) is 6.42 Å². The molecule has 1 unspecified atom stereocenters. The predicted octanol–water partition coefficient (Wildman–Crippen LogP) is 3.56. The van der Waals surface area contributed by atoms with E-state index in [0.29, 0.717) is 35.1 Å². The SMILES string of the molecule is COC(=O)C1CCCN1C(=O)c1cc(-c2ccco2)n(-c2cccc(Cl)c2)n1. The largest absolute Gasteiger partial charge is 0.467 e. The highest BCUT2D eigenvalue weighted by Crippen LogP contribution is 2.28. The molecule has 28 heavy (non-hydrogen) atoms. The van der Waals surface area contributed by atoms with Gasteiger partial charge in [0, 0.05) is 17.6 Å². The molecule has 0 radical (unpaired) electrons. The van der Waals surface area contributed by atoms with Gasteiger partial charge in [-0.2, -0.15) is 5.10 Å². The molecule has 1 aliphatic rings. The van der Waals surface area contributed by atoms with Crippen molar-refractivity contribution >= 4 is 23.5 Å². The second-order valence-corrected chi connectivity index (χ2v) is 6.90. The molecular formula is C20H18ClN3O4. The van der Waals surface area contributed by atoms with Gasteiger partial charge in [-0.3, -0.25) is 4.79 Å². The molecule has 0 N–H and O–H groups in total. The molecule has 1 amide bonds. The third-order valence-corrected chi connectivity index (χ3v) is 4.98. The van der Waals surface area contributed by atoms with Crippen LogP contribution in [0.15, 0.2) is 53.1 Å². The Morgan fingerprint density at radius 1 is 1.25 bits per heavy atom. The second kappa shape index (κ2) is 7.52. The van der Waals surface area contributed by atoms with E-state index in [-0.39, 0.29) is 11.6 Å². The normalized spacial score (nSPS) is 16.4. The number of carbonyl (C=O) groups is 2. The average molecular weight is 400 g/mol. The van der Waals surface area contributed by atoms with Gasteiger partial charge in [0.15, 0.2) is 11.5 Å². The van der Waals surface area contributed by atoms with Crippen molar-refractivity contribution in [2.45, 2.75) is 18.9 Å². The Hall–Kier alpha value is -3.06. The Morgan fingerprint density at radius 3 is 2.82 bits per heavy atom. The van der Waals surface area contributed by atoms with Crippen molar-refractivity contribution in [2.75, 3.05) is 13.7 Å². The molecule has 1 fully saturated rings. The molecule has 2 aromatic heterocycles. The summed E-state index contributed by atoms with van der Waals surface area (Å²) in [4.78, 5) is 26.6. The van der Waals surface area contributed by atoms with Gasteiger partial charge in [-0.05, 0) is 43.2 Å². The molecule has 3 heterocycles. The molecule has 1 aromatic carbocycles. The van der Waals surface area contributed by atoms with Gasteiger partial charge in [-0.25, -0.2) is 9.48 Å². The summed E-state index contributed by atoms with van der Waals surface area (Å²) in [5, 5.41) is 5.05. The number of rotatable bonds is 4. The van der Waals surface area contributed by atoms with Gasteiger partial charge in [-0.15, -0.1) is 0 Å². The molecule has 144 valence electrons. The van der Waals surface area contributed by atoms with Gasteiger partial charge >= 0.3 is 5.97 Å². The van der Waals surface area contributed by atoms with Crippen LogP contribution >= 0.6 is 11.6 Å². The number of amides is 1. The highest BCUT2D eigenvalue weighted by atomic mass is 35.5. The van der Waals surface area contributed by atoms with Gasteiger partial charge in [0.1, 0.15) is 11.7 Å². The number of esters is 1. The summed E-state index contributed by atoms with van der Waals surface area (Å²) in [5.41, 5.74) is 1.54. The molecular weight excluding hydrogens is 382 g/mol. The van der Waals surface area contributed by atoms with Crippen LogP contribution in [0.25, 0.3) is 17.1 Å². The topological polar surface area (TPSA) is 77.6 Å². The lowest BCUT2D eigenvalue weighted by molar-refractivity contribution is -0.145. The van der Waals surface area contributed by atoms with Crippen LogP contribution in [0.2, 0.25) is 5.02 Å². The molecule has 0 spiro atoms. The Morgan fingerprint density at radius 2 is 2.11 bits per heavy atom. The first kappa shape index (κ1) is 18.3. The summed E-state index contributed by atoms with van der Waals surface area (Å²) < 4.78 is 12.0. The van der Waals surface area contributed by atoms with Crippen molar-refractivity contribution in [3.8, 4) is 17.1 Å². The summed E-state index contributed by atoms with van der Waals surface area (Å²) in [6, 6.07) is 11.8. The first-order valence-corrected chi connectivity index (χ1v) is 9.25. The first-order valence-electron chi connectivity index (χ1n) is 8.87. The molecule has 4 rings (SSSR count). The fourth-order valence-electron chi connectivity index (χ4n) is 3.43. The number of methoxy groups -OCH3 is 1. The van der Waals surface area contributed by atoms with E-state index in [1.54, 1.807) is 47.3 Å². The van der Waals surface area contributed by atoms with Crippen LogP contribution in [-0.4, -0.2) is 46.3 Å². The molecule has 0 saturated carbocycles. The average Bonchev–Trinajstić information content (AvgIpc) is 3.46. The fraction of sp³-hybridized carbons (Fsp3) is 0.250. The molecule has 0 bridgehead atoms. The van der Waals surface area contributed by atoms with Crippen molar-refractivity contribution in [1.29, 1.82) is 0 Å². The minimum Gasteiger partial charge on any atom is -0.467 e. The lowest BCUT2D eigenvalue weighted by Crippen LogP contribution is -2.41. The number of hydrogen-bond donors (Lipinski definition) is 0. The summed E-state index contributed by atoms with van der Waals surface area (Å²) in [7, 11) is 1.33. The van der Waals surface area contributed by atoms with E-state index in [4.69, 9.17) is 20.8 Å². The zero-order valence-corrected chi connectivity index (χ0v) is 15.9. The number of hydrogen-bond acceptors (Lipinski definition) is 5. The van der Waals surface area contributed by atoms with Gasteiger partial charge in [0.25, 0.3) is 5.91 Å². The standard InChI is InChI=1S/C20H18ClN3O4/c1-27-20(26)16-7-3-9-23(16)19(25)15-12-17(18-8-4-10-28-18)24(22-15)14-6-2-5-13(21)11-14/h2,4-6,8,10-12,16H,3,7,9H2,1H3. The van der Waals surface area contributed by atoms with Crippen molar-refractivity contribution in [3.05, 3.63) is 59.4 Å². The zero-order chi connectivity index (χ0) is 19.7. The molecule has 3 aromatic rings. The fourth-order valence-corrected chi connectivity index (χ4v) is 3.61. The molecule has 0 aliphatic carbocycles. The maximum absolute atomic E-state index is 13.1. The van der Waals surface area contributed by atoms with E-state index >= 15 is 0 Å². The first-order chi connectivity index (χ1) is 13.6. The van der Waals surface area contributed by atoms with Crippen LogP contribution in [0.4, 0.5) is 0 Å². The van der Waals surface area contributed by atoms with E-state index in [9.17, 15) is 9.59 Å². The lowest BCUT2D eigenvalue weighted by Gasteiger charge is -2.21. The van der Waals surface area contributed by atoms with E-state index in [1.165, 1.54) is 12.0 Å². The quantitative estimate of drug-likeness (QED) is 0.627. The minimum absolute atomic E-state index is 0.224. The number of benzene rings is 1. The third kappa shape index (κ3) is 3.29. The van der Waals surface area contributed by atoms with Crippen LogP contribution in [0, 0.1) is 0 Å². The number of carbonyl (C=O) groups excluding carboxylic acids is 2. The summed E-state index contributed by atoms with van der Waals surface area (Å²) in [6.45, 7) is 0.485. The Bertz CT molecular complexity index is 1010. The van der Waals surface area contributed by atoms with Crippen LogP contribution in [0.5, 0.6) is 0 Å². The monoisotopic (exact) mass is 399 g/mol. The number of ether oxygens (including phenoxy) is 1. The maximum atomic E-state index is 13.1. The van der Waals surface area contributed by atoms with Crippen LogP contribution < -0.4 is 0 Å². The highest BCUT2D eigenvalue weighted by molar-refractivity contribution is 6.30. The van der Waals surface area contributed by atoms with E-state index in [2.05, 4.69) is 5.10 Å².